The lowest BCUT2D eigenvalue weighted by Crippen LogP contribution is -2.33. The van der Waals surface area contributed by atoms with Gasteiger partial charge in [0.1, 0.15) is 17.1 Å². The van der Waals surface area contributed by atoms with Crippen LogP contribution in [0.2, 0.25) is 0 Å². The Morgan fingerprint density at radius 1 is 1.31 bits per heavy atom. The highest BCUT2D eigenvalue weighted by Crippen LogP contribution is 2.32. The lowest BCUT2D eigenvalue weighted by molar-refractivity contribution is 0.0564. The van der Waals surface area contributed by atoms with Crippen molar-refractivity contribution in [2.45, 2.75) is 12.5 Å². The Kier molecular flexibility index (Phi) is 4.15. The summed E-state index contributed by atoms with van der Waals surface area (Å²) < 4.78 is 10.4. The van der Waals surface area contributed by atoms with Crippen molar-refractivity contribution in [3.05, 3.63) is 23.8 Å². The average Bonchev–Trinajstić information content (AvgIpc) is 2.28. The number of likely N-dealkylation sites (N-methyl/N-ethyl adjacent to an activating group) is 1. The number of benzene rings is 1. The predicted molar refractivity (Wildman–Crippen MR) is 63.0 cm³/mol. The Balaban J connectivity index is 3.12. The van der Waals surface area contributed by atoms with E-state index in [2.05, 4.69) is 5.32 Å². The minimum absolute atomic E-state index is 0.454. The van der Waals surface area contributed by atoms with Gasteiger partial charge in [-0.25, -0.2) is 0 Å². The van der Waals surface area contributed by atoms with Gasteiger partial charge in [0, 0.05) is 18.2 Å². The van der Waals surface area contributed by atoms with E-state index in [-0.39, 0.29) is 0 Å². The maximum absolute atomic E-state index is 10.3. The molecule has 0 amide bonds. The molecule has 0 heterocycles. The minimum Gasteiger partial charge on any atom is -0.497 e. The first-order valence-electron chi connectivity index (χ1n) is 5.14. The Morgan fingerprint density at radius 3 is 2.50 bits per heavy atom. The Morgan fingerprint density at radius 2 is 2.00 bits per heavy atom. The van der Waals surface area contributed by atoms with Crippen LogP contribution in [0.1, 0.15) is 12.5 Å². The van der Waals surface area contributed by atoms with Gasteiger partial charge in [-0.2, -0.15) is 0 Å². The maximum atomic E-state index is 10.3. The average molecular weight is 225 g/mol. The second-order valence-electron chi connectivity index (χ2n) is 3.87. The fourth-order valence-electron chi connectivity index (χ4n) is 1.68. The van der Waals surface area contributed by atoms with E-state index in [1.807, 2.05) is 12.1 Å². The van der Waals surface area contributed by atoms with E-state index in [0.29, 0.717) is 18.0 Å². The molecule has 1 atom stereocenters. The highest BCUT2D eigenvalue weighted by atomic mass is 16.5. The van der Waals surface area contributed by atoms with E-state index in [1.165, 1.54) is 0 Å². The van der Waals surface area contributed by atoms with Crippen LogP contribution in [0.3, 0.4) is 0 Å². The van der Waals surface area contributed by atoms with E-state index in [1.54, 1.807) is 34.3 Å². The zero-order valence-electron chi connectivity index (χ0n) is 10.2. The Bertz CT molecular complexity index is 350. The van der Waals surface area contributed by atoms with Crippen molar-refractivity contribution in [3.8, 4) is 11.5 Å². The second kappa shape index (κ2) is 5.18. The summed E-state index contributed by atoms with van der Waals surface area (Å²) in [6.45, 7) is 2.20. The van der Waals surface area contributed by atoms with Gasteiger partial charge >= 0.3 is 0 Å². The monoisotopic (exact) mass is 225 g/mol. The van der Waals surface area contributed by atoms with Gasteiger partial charge in [0.2, 0.25) is 0 Å². The first-order valence-corrected chi connectivity index (χ1v) is 5.14. The molecular weight excluding hydrogens is 206 g/mol. The van der Waals surface area contributed by atoms with Gasteiger partial charge in [0.25, 0.3) is 0 Å². The van der Waals surface area contributed by atoms with Crippen LogP contribution in [0.25, 0.3) is 0 Å². The molecule has 0 radical (unpaired) electrons. The normalized spacial score (nSPS) is 14.3. The van der Waals surface area contributed by atoms with Gasteiger partial charge < -0.3 is 19.9 Å². The fraction of sp³-hybridized carbons (Fsp3) is 0.500. The summed E-state index contributed by atoms with van der Waals surface area (Å²) >= 11 is 0. The quantitative estimate of drug-likeness (QED) is 0.788. The molecule has 0 bridgehead atoms. The summed E-state index contributed by atoms with van der Waals surface area (Å²) in [7, 11) is 4.97. The first kappa shape index (κ1) is 12.8. The summed E-state index contributed by atoms with van der Waals surface area (Å²) in [6.07, 6.45) is 0. The molecule has 16 heavy (non-hydrogen) atoms. The highest BCUT2D eigenvalue weighted by molar-refractivity contribution is 5.43. The van der Waals surface area contributed by atoms with Crippen molar-refractivity contribution >= 4 is 0 Å². The van der Waals surface area contributed by atoms with Crippen LogP contribution < -0.4 is 14.8 Å². The molecule has 1 unspecified atom stereocenters. The summed E-state index contributed by atoms with van der Waals surface area (Å²) in [5.41, 5.74) is -0.225. The van der Waals surface area contributed by atoms with E-state index < -0.39 is 5.60 Å². The van der Waals surface area contributed by atoms with Gasteiger partial charge in [-0.05, 0) is 26.1 Å². The largest absolute Gasteiger partial charge is 0.497 e. The molecular formula is C12H19NO3. The van der Waals surface area contributed by atoms with E-state index >= 15 is 0 Å². The van der Waals surface area contributed by atoms with Gasteiger partial charge in [-0.1, -0.05) is 0 Å². The van der Waals surface area contributed by atoms with Crippen LogP contribution in [0.15, 0.2) is 18.2 Å². The molecule has 0 aromatic heterocycles. The molecule has 0 aliphatic rings. The molecule has 0 fully saturated rings. The molecule has 0 saturated carbocycles. The predicted octanol–water partition coefficient (Wildman–Crippen LogP) is 1.13. The zero-order valence-corrected chi connectivity index (χ0v) is 10.2. The molecule has 1 aromatic carbocycles. The SMILES string of the molecule is CNCC(C)(O)c1ccc(OC)cc1OC. The summed E-state index contributed by atoms with van der Waals surface area (Å²) in [4.78, 5) is 0. The number of ether oxygens (including phenoxy) is 2. The molecule has 1 aromatic rings. The summed E-state index contributed by atoms with van der Waals surface area (Å²) in [6, 6.07) is 5.39. The van der Waals surface area contributed by atoms with Crippen molar-refractivity contribution in [2.24, 2.45) is 0 Å². The number of hydrogen-bond donors (Lipinski definition) is 2. The van der Waals surface area contributed by atoms with Gasteiger partial charge in [-0.3, -0.25) is 0 Å². The van der Waals surface area contributed by atoms with E-state index in [4.69, 9.17) is 9.47 Å². The third-order valence-electron chi connectivity index (χ3n) is 2.51. The van der Waals surface area contributed by atoms with Crippen molar-refractivity contribution in [2.75, 3.05) is 27.8 Å². The Labute approximate surface area is 96.2 Å². The van der Waals surface area contributed by atoms with Crippen LogP contribution in [0.4, 0.5) is 0 Å². The molecule has 4 nitrogen and oxygen atoms in total. The van der Waals surface area contributed by atoms with Gasteiger partial charge in [-0.15, -0.1) is 0 Å². The van der Waals surface area contributed by atoms with E-state index in [9.17, 15) is 5.11 Å². The third-order valence-corrected chi connectivity index (χ3v) is 2.51. The topological polar surface area (TPSA) is 50.7 Å². The molecule has 0 aliphatic heterocycles. The molecule has 4 heteroatoms. The smallest absolute Gasteiger partial charge is 0.128 e. The third kappa shape index (κ3) is 2.65. The molecule has 0 saturated heterocycles. The lowest BCUT2D eigenvalue weighted by atomic mass is 9.95. The number of methoxy groups -OCH3 is 2. The zero-order chi connectivity index (χ0) is 12.2. The molecule has 2 N–H and O–H groups in total. The van der Waals surface area contributed by atoms with Crippen molar-refractivity contribution in [1.29, 1.82) is 0 Å². The molecule has 90 valence electrons. The summed E-state index contributed by atoms with van der Waals surface area (Å²) in [5, 5.41) is 13.2. The standard InChI is InChI=1S/C12H19NO3/c1-12(14,8-13-2)10-6-5-9(15-3)7-11(10)16-4/h5-7,13-14H,8H2,1-4H3. The van der Waals surface area contributed by atoms with Crippen LogP contribution in [-0.2, 0) is 5.60 Å². The number of hydrogen-bond acceptors (Lipinski definition) is 4. The minimum atomic E-state index is -0.966. The fourth-order valence-corrected chi connectivity index (χ4v) is 1.68. The first-order chi connectivity index (χ1) is 7.55. The highest BCUT2D eigenvalue weighted by Gasteiger charge is 2.26. The van der Waals surface area contributed by atoms with Crippen LogP contribution >= 0.6 is 0 Å². The number of aliphatic hydroxyl groups is 1. The van der Waals surface area contributed by atoms with Crippen LogP contribution in [-0.4, -0.2) is 32.9 Å². The van der Waals surface area contributed by atoms with Gasteiger partial charge in [0.15, 0.2) is 0 Å². The number of rotatable bonds is 5. The van der Waals surface area contributed by atoms with Crippen molar-refractivity contribution < 1.29 is 14.6 Å². The lowest BCUT2D eigenvalue weighted by Gasteiger charge is -2.25. The Hall–Kier alpha value is -1.26. The second-order valence-corrected chi connectivity index (χ2v) is 3.87. The number of nitrogens with one attached hydrogen (secondary N) is 1. The molecule has 0 spiro atoms. The van der Waals surface area contributed by atoms with Crippen LogP contribution in [0, 0.1) is 0 Å². The summed E-state index contributed by atoms with van der Waals surface area (Å²) in [5.74, 6) is 1.33. The van der Waals surface area contributed by atoms with Crippen molar-refractivity contribution in [1.82, 2.24) is 5.32 Å². The maximum Gasteiger partial charge on any atom is 0.128 e. The molecule has 1 rings (SSSR count). The van der Waals surface area contributed by atoms with Gasteiger partial charge in [0.05, 0.1) is 14.2 Å². The van der Waals surface area contributed by atoms with E-state index in [0.717, 1.165) is 5.56 Å². The van der Waals surface area contributed by atoms with Crippen LogP contribution in [0.5, 0.6) is 11.5 Å². The van der Waals surface area contributed by atoms with Crippen molar-refractivity contribution in [3.63, 3.8) is 0 Å². The molecule has 0 aliphatic carbocycles.